The fraction of sp³-hybridized carbons (Fsp3) is 0.591. The molecular formula is C22H33N3O3S. The number of hydrogen-bond donors (Lipinski definition) is 1. The molecule has 1 N–H and O–H groups in total. The van der Waals surface area contributed by atoms with Gasteiger partial charge in [0.1, 0.15) is 18.5 Å². The molecule has 2 heterocycles. The molecule has 1 aromatic heterocycles. The van der Waals surface area contributed by atoms with Gasteiger partial charge in [0.2, 0.25) is 0 Å². The van der Waals surface area contributed by atoms with Crippen molar-refractivity contribution in [1.82, 2.24) is 9.88 Å². The van der Waals surface area contributed by atoms with Crippen LogP contribution < -0.4 is 14.4 Å². The van der Waals surface area contributed by atoms with E-state index in [-0.39, 0.29) is 0 Å². The smallest absolute Gasteiger partial charge is 0.197 e. The van der Waals surface area contributed by atoms with Gasteiger partial charge in [-0.15, -0.1) is 0 Å². The molecule has 1 aromatic carbocycles. The van der Waals surface area contributed by atoms with Crippen molar-refractivity contribution in [3.05, 3.63) is 35.5 Å². The van der Waals surface area contributed by atoms with Crippen molar-refractivity contribution in [1.29, 1.82) is 0 Å². The number of ether oxygens (including phenoxy) is 2. The van der Waals surface area contributed by atoms with Gasteiger partial charge in [-0.25, -0.2) is 4.98 Å². The molecule has 3 rings (SSSR count). The van der Waals surface area contributed by atoms with Gasteiger partial charge in [-0.2, -0.15) is 0 Å². The number of unbranched alkanes of at least 4 members (excludes halogenated alkanes) is 2. The Morgan fingerprint density at radius 2 is 1.93 bits per heavy atom. The van der Waals surface area contributed by atoms with E-state index < -0.39 is 6.10 Å². The van der Waals surface area contributed by atoms with E-state index in [1.165, 1.54) is 29.9 Å². The molecule has 29 heavy (non-hydrogen) atoms. The Morgan fingerprint density at radius 3 is 2.66 bits per heavy atom. The molecule has 0 aliphatic carbocycles. The third kappa shape index (κ3) is 6.59. The van der Waals surface area contributed by atoms with E-state index in [9.17, 15) is 5.11 Å². The van der Waals surface area contributed by atoms with Crippen molar-refractivity contribution in [3.63, 3.8) is 0 Å². The predicted molar refractivity (Wildman–Crippen MR) is 118 cm³/mol. The first kappa shape index (κ1) is 21.9. The molecule has 1 atom stereocenters. The zero-order chi connectivity index (χ0) is 20.5. The van der Waals surface area contributed by atoms with Gasteiger partial charge in [0.05, 0.1) is 23.5 Å². The van der Waals surface area contributed by atoms with Crippen LogP contribution in [0.15, 0.2) is 29.8 Å². The topological polar surface area (TPSA) is 58.1 Å². The van der Waals surface area contributed by atoms with Crippen molar-refractivity contribution in [2.75, 3.05) is 50.8 Å². The Labute approximate surface area is 178 Å². The van der Waals surface area contributed by atoms with Crippen molar-refractivity contribution in [2.24, 2.45) is 0 Å². The maximum absolute atomic E-state index is 10.3. The van der Waals surface area contributed by atoms with Crippen LogP contribution in [-0.4, -0.2) is 67.0 Å². The molecule has 0 bridgehead atoms. The lowest BCUT2D eigenvalue weighted by Gasteiger charge is -2.37. The lowest BCUT2D eigenvalue weighted by Crippen LogP contribution is -2.49. The monoisotopic (exact) mass is 419 g/mol. The van der Waals surface area contributed by atoms with Crippen LogP contribution in [0, 0.1) is 6.92 Å². The standard InChI is InChI=1S/C22H33N3O3S/c1-3-4-7-14-27-21-9-6-5-8-20(21)25-12-10-24(11-13-25)15-19(26)16-28-22-18(2)23-17-29-22/h5-6,8-9,17,19,26H,3-4,7,10-16H2,1-2H3. The first-order valence-electron chi connectivity index (χ1n) is 10.6. The molecule has 2 aromatic rings. The number of hydrogen-bond acceptors (Lipinski definition) is 7. The van der Waals surface area contributed by atoms with Crippen molar-refractivity contribution < 1.29 is 14.6 Å². The lowest BCUT2D eigenvalue weighted by atomic mass is 10.2. The number of para-hydroxylation sites is 2. The number of aryl methyl sites for hydroxylation is 1. The van der Waals surface area contributed by atoms with Gasteiger partial charge in [0.15, 0.2) is 5.06 Å². The number of aromatic nitrogens is 1. The second-order valence-electron chi connectivity index (χ2n) is 7.50. The van der Waals surface area contributed by atoms with Gasteiger partial charge in [-0.1, -0.05) is 43.2 Å². The molecule has 6 nitrogen and oxygen atoms in total. The van der Waals surface area contributed by atoms with Gasteiger partial charge in [-0.3, -0.25) is 4.90 Å². The number of benzene rings is 1. The summed E-state index contributed by atoms with van der Waals surface area (Å²) in [5.74, 6) is 0.977. The summed E-state index contributed by atoms with van der Waals surface area (Å²) in [7, 11) is 0. The van der Waals surface area contributed by atoms with Crippen LogP contribution in [-0.2, 0) is 0 Å². The fourth-order valence-electron chi connectivity index (χ4n) is 3.50. The van der Waals surface area contributed by atoms with Gasteiger partial charge >= 0.3 is 0 Å². The third-order valence-corrected chi connectivity index (χ3v) is 6.00. The van der Waals surface area contributed by atoms with Crippen LogP contribution >= 0.6 is 11.3 Å². The van der Waals surface area contributed by atoms with Gasteiger partial charge in [0.25, 0.3) is 0 Å². The maximum atomic E-state index is 10.3. The highest BCUT2D eigenvalue weighted by atomic mass is 32.1. The summed E-state index contributed by atoms with van der Waals surface area (Å²) in [6, 6.07) is 8.32. The second kappa shape index (κ2) is 11.4. The normalized spacial score (nSPS) is 16.0. The molecule has 0 radical (unpaired) electrons. The highest BCUT2D eigenvalue weighted by Gasteiger charge is 2.21. The highest BCUT2D eigenvalue weighted by Crippen LogP contribution is 2.29. The van der Waals surface area contributed by atoms with Crippen LogP contribution in [0.5, 0.6) is 10.8 Å². The number of thiazole rings is 1. The summed E-state index contributed by atoms with van der Waals surface area (Å²) in [5.41, 5.74) is 3.82. The summed E-state index contributed by atoms with van der Waals surface area (Å²) in [6.45, 7) is 9.52. The van der Waals surface area contributed by atoms with Gasteiger partial charge in [0, 0.05) is 32.7 Å². The Bertz CT molecular complexity index is 732. The predicted octanol–water partition coefficient (Wildman–Crippen LogP) is 3.58. The number of anilines is 1. The van der Waals surface area contributed by atoms with E-state index in [1.54, 1.807) is 5.51 Å². The SMILES string of the molecule is CCCCCOc1ccccc1N1CCN(CC(O)COc2scnc2C)CC1. The number of nitrogens with zero attached hydrogens (tertiary/aromatic N) is 3. The first-order chi connectivity index (χ1) is 14.2. The molecule has 1 fully saturated rings. The molecular weight excluding hydrogens is 386 g/mol. The molecule has 0 spiro atoms. The minimum atomic E-state index is -0.503. The van der Waals surface area contributed by atoms with E-state index in [1.807, 2.05) is 13.0 Å². The zero-order valence-corrected chi connectivity index (χ0v) is 18.4. The van der Waals surface area contributed by atoms with Crippen LogP contribution in [0.1, 0.15) is 31.9 Å². The molecule has 7 heteroatoms. The van der Waals surface area contributed by atoms with Crippen molar-refractivity contribution >= 4 is 17.0 Å². The minimum absolute atomic E-state index is 0.303. The number of aliphatic hydroxyl groups excluding tert-OH is 1. The number of β-amino-alcohol motifs (C(OH)–C–C–N with tert-alkyl or cyclic N) is 1. The van der Waals surface area contributed by atoms with Gasteiger partial charge in [-0.05, 0) is 25.5 Å². The van der Waals surface area contributed by atoms with E-state index in [2.05, 4.69) is 39.9 Å². The average Bonchev–Trinajstić information content (AvgIpc) is 3.15. The van der Waals surface area contributed by atoms with Crippen LogP contribution in [0.25, 0.3) is 0 Å². The highest BCUT2D eigenvalue weighted by molar-refractivity contribution is 7.11. The molecule has 160 valence electrons. The van der Waals surface area contributed by atoms with Crippen molar-refractivity contribution in [3.8, 4) is 10.8 Å². The van der Waals surface area contributed by atoms with E-state index in [0.29, 0.717) is 13.2 Å². The number of rotatable bonds is 11. The Morgan fingerprint density at radius 1 is 1.14 bits per heavy atom. The summed E-state index contributed by atoms with van der Waals surface area (Å²) in [4.78, 5) is 8.85. The van der Waals surface area contributed by atoms with Crippen LogP contribution in [0.4, 0.5) is 5.69 Å². The van der Waals surface area contributed by atoms with E-state index >= 15 is 0 Å². The number of aliphatic hydroxyl groups is 1. The second-order valence-corrected chi connectivity index (χ2v) is 8.32. The molecule has 1 aliphatic rings. The van der Waals surface area contributed by atoms with Crippen LogP contribution in [0.3, 0.4) is 0 Å². The largest absolute Gasteiger partial charge is 0.491 e. The molecule has 1 unspecified atom stereocenters. The minimum Gasteiger partial charge on any atom is -0.491 e. The summed E-state index contributed by atoms with van der Waals surface area (Å²) < 4.78 is 11.7. The molecule has 0 amide bonds. The van der Waals surface area contributed by atoms with Gasteiger partial charge < -0.3 is 19.5 Å². The molecule has 0 saturated carbocycles. The number of piperazine rings is 1. The maximum Gasteiger partial charge on any atom is 0.197 e. The van der Waals surface area contributed by atoms with Crippen LogP contribution in [0.2, 0.25) is 0 Å². The van der Waals surface area contributed by atoms with E-state index in [4.69, 9.17) is 9.47 Å². The quantitative estimate of drug-likeness (QED) is 0.562. The summed E-state index contributed by atoms with van der Waals surface area (Å²) >= 11 is 1.47. The molecule has 1 aliphatic heterocycles. The molecule has 1 saturated heterocycles. The zero-order valence-electron chi connectivity index (χ0n) is 17.5. The third-order valence-electron chi connectivity index (χ3n) is 5.16. The van der Waals surface area contributed by atoms with Crippen molar-refractivity contribution in [2.45, 2.75) is 39.2 Å². The average molecular weight is 420 g/mol. The first-order valence-corrected chi connectivity index (χ1v) is 11.5. The Kier molecular flexibility index (Phi) is 8.58. The lowest BCUT2D eigenvalue weighted by molar-refractivity contribution is 0.0673. The summed E-state index contributed by atoms with van der Waals surface area (Å²) in [5, 5.41) is 11.1. The fourth-order valence-corrected chi connectivity index (χ4v) is 4.16. The Balaban J connectivity index is 1.43. The summed E-state index contributed by atoms with van der Waals surface area (Å²) in [6.07, 6.45) is 3.00. The van der Waals surface area contributed by atoms with E-state index in [0.717, 1.165) is 55.7 Å². The Hall–Kier alpha value is -1.83.